The van der Waals surface area contributed by atoms with Crippen molar-refractivity contribution in [1.82, 2.24) is 5.32 Å². The van der Waals surface area contributed by atoms with Gasteiger partial charge < -0.3 is 94.3 Å². The van der Waals surface area contributed by atoms with Crippen molar-refractivity contribution in [2.75, 3.05) is 13.2 Å². The fourth-order valence-electron chi connectivity index (χ4n) is 6.12. The third-order valence-electron chi connectivity index (χ3n) is 8.97. The van der Waals surface area contributed by atoms with Gasteiger partial charge in [0, 0.05) is 13.5 Å². The molecular weight excluding hydrogens is 682 g/mol. The Morgan fingerprint density at radius 1 is 0.640 bits per heavy atom. The molecule has 21 heteroatoms. The van der Waals surface area contributed by atoms with E-state index in [0.717, 1.165) is 6.92 Å². The van der Waals surface area contributed by atoms with Crippen molar-refractivity contribution in [3.05, 3.63) is 0 Å². The molecule has 4 rings (SSSR count). The number of hydrogen-bond donors (Lipinski definition) is 11. The van der Waals surface area contributed by atoms with E-state index < -0.39 is 141 Å². The largest absolute Gasteiger partial charge is 0.479 e. The minimum Gasteiger partial charge on any atom is -0.479 e. The van der Waals surface area contributed by atoms with Gasteiger partial charge in [-0.25, -0.2) is 4.79 Å². The van der Waals surface area contributed by atoms with Crippen LogP contribution in [0.4, 0.5) is 0 Å². The zero-order chi connectivity index (χ0) is 37.2. The van der Waals surface area contributed by atoms with Crippen LogP contribution in [0.25, 0.3) is 0 Å². The summed E-state index contributed by atoms with van der Waals surface area (Å²) < 4.78 is 45.4. The number of aliphatic carboxylic acids is 1. The zero-order valence-electron chi connectivity index (χ0n) is 27.7. The lowest BCUT2D eigenvalue weighted by Gasteiger charge is -2.49. The lowest BCUT2D eigenvalue weighted by atomic mass is 9.95. The zero-order valence-corrected chi connectivity index (χ0v) is 27.7. The van der Waals surface area contributed by atoms with E-state index in [2.05, 4.69) is 5.32 Å². The highest BCUT2D eigenvalue weighted by Crippen LogP contribution is 2.35. The molecule has 0 bridgehead atoms. The Bertz CT molecular complexity index is 1120. The molecule has 290 valence electrons. The van der Waals surface area contributed by atoms with Crippen LogP contribution in [-0.2, 0) is 47.5 Å². The summed E-state index contributed by atoms with van der Waals surface area (Å²) in [6, 6.07) is -1.49. The van der Waals surface area contributed by atoms with Crippen LogP contribution < -0.4 is 5.32 Å². The number of nitrogens with one attached hydrogen (secondary N) is 1. The number of carbonyl (C=O) groups excluding carboxylic acids is 1. The highest BCUT2D eigenvalue weighted by molar-refractivity contribution is 5.73. The van der Waals surface area contributed by atoms with Gasteiger partial charge in [0.15, 0.2) is 31.3 Å². The van der Waals surface area contributed by atoms with Crippen molar-refractivity contribution >= 4 is 11.9 Å². The van der Waals surface area contributed by atoms with Crippen LogP contribution in [0.2, 0.25) is 0 Å². The molecule has 50 heavy (non-hydrogen) atoms. The van der Waals surface area contributed by atoms with Crippen LogP contribution in [0, 0.1) is 0 Å². The number of aliphatic hydroxyl groups excluding tert-OH is 9. The van der Waals surface area contributed by atoms with Crippen molar-refractivity contribution < 1.29 is 98.5 Å². The first kappa shape index (κ1) is 41.0. The second-order valence-corrected chi connectivity index (χ2v) is 12.7. The maximum atomic E-state index is 12.2. The van der Waals surface area contributed by atoms with Crippen molar-refractivity contribution in [1.29, 1.82) is 0 Å². The van der Waals surface area contributed by atoms with Crippen LogP contribution in [0.3, 0.4) is 0 Å². The topological polar surface area (TPSA) is 322 Å². The molecule has 0 aromatic rings. The minimum atomic E-state index is -1.94. The van der Waals surface area contributed by atoms with Crippen LogP contribution in [0.5, 0.6) is 0 Å². The smallest absolute Gasteiger partial charge is 0.335 e. The lowest BCUT2D eigenvalue weighted by molar-refractivity contribution is -0.395. The molecule has 0 radical (unpaired) electrons. The predicted molar refractivity (Wildman–Crippen MR) is 157 cm³/mol. The molecule has 0 spiro atoms. The maximum absolute atomic E-state index is 12.2. The molecule has 0 aromatic carbocycles. The number of hydrogen-bond acceptors (Lipinski definition) is 19. The van der Waals surface area contributed by atoms with Gasteiger partial charge in [-0.05, 0) is 20.3 Å². The van der Waals surface area contributed by atoms with E-state index in [1.807, 2.05) is 0 Å². The second kappa shape index (κ2) is 17.4. The SMILES string of the molecule is CCCO[C@@H]1O[C@H](C(=O)O)[C@H](O[C@@H]2O[C@@H](C)[C@H](O)[C@@H](O)[C@H]2O[C@@H]2O[C@@H](C)[C@H](O)[C@@H](O)[C@H]2O[C@@H]2O[C@H](CO)[C@H](O)[C@H](O)[C@H]2NC(C)=O)[C@H](O)[C@H]1O. The standard InChI is InChI=1S/C29H49NO20/c1-5-6-43-27-20(40)19(39)21(24(50-27)25(41)42)47-28-23(18(38)14(34)8(2)44-28)49-29-22(17(37)13(33)9(3)45-29)48-26-12(30-10(4)32)16(36)15(35)11(7-31)46-26/h8-9,11-24,26-29,31,33-40H,5-7H2,1-4H3,(H,30,32)(H,41,42)/t8-,9-,11+,12+,13-,14-,15-,16+,17+,18+,19+,20+,21+,22+,23+,24-,26-,27+,28-,29-/m0/s1. The fraction of sp³-hybridized carbons (Fsp3) is 0.931. The van der Waals surface area contributed by atoms with Crippen molar-refractivity contribution in [2.24, 2.45) is 0 Å². The molecule has 21 nitrogen and oxygen atoms in total. The first-order chi connectivity index (χ1) is 23.5. The molecule has 4 aliphatic heterocycles. The molecule has 0 saturated carbocycles. The third-order valence-corrected chi connectivity index (χ3v) is 8.97. The summed E-state index contributed by atoms with van der Waals surface area (Å²) in [5.41, 5.74) is 0. The Morgan fingerprint density at radius 3 is 1.62 bits per heavy atom. The molecule has 20 atom stereocenters. The van der Waals surface area contributed by atoms with E-state index >= 15 is 0 Å². The van der Waals surface area contributed by atoms with Crippen molar-refractivity contribution in [3.63, 3.8) is 0 Å². The average molecular weight is 732 g/mol. The number of ether oxygens (including phenoxy) is 8. The summed E-state index contributed by atoms with van der Waals surface area (Å²) in [7, 11) is 0. The number of aliphatic hydroxyl groups is 9. The van der Waals surface area contributed by atoms with Crippen LogP contribution >= 0.6 is 0 Å². The molecule has 0 aromatic heterocycles. The molecule has 0 aliphatic carbocycles. The summed E-state index contributed by atoms with van der Waals surface area (Å²) >= 11 is 0. The van der Waals surface area contributed by atoms with E-state index in [1.54, 1.807) is 6.92 Å². The summed E-state index contributed by atoms with van der Waals surface area (Å²) in [4.78, 5) is 24.1. The fourth-order valence-corrected chi connectivity index (χ4v) is 6.12. The lowest BCUT2D eigenvalue weighted by Crippen LogP contribution is -2.68. The molecule has 4 saturated heterocycles. The molecule has 4 heterocycles. The van der Waals surface area contributed by atoms with Crippen LogP contribution in [0.15, 0.2) is 0 Å². The maximum Gasteiger partial charge on any atom is 0.335 e. The van der Waals surface area contributed by atoms with E-state index in [4.69, 9.17) is 37.9 Å². The highest BCUT2D eigenvalue weighted by atomic mass is 16.8. The van der Waals surface area contributed by atoms with Gasteiger partial charge in [0.2, 0.25) is 5.91 Å². The molecule has 11 N–H and O–H groups in total. The Balaban J connectivity index is 1.63. The Kier molecular flexibility index (Phi) is 14.3. The van der Waals surface area contributed by atoms with E-state index in [-0.39, 0.29) is 6.61 Å². The van der Waals surface area contributed by atoms with Crippen molar-refractivity contribution in [3.8, 4) is 0 Å². The minimum absolute atomic E-state index is 0.0663. The predicted octanol–water partition coefficient (Wildman–Crippen LogP) is -6.02. The van der Waals surface area contributed by atoms with Crippen LogP contribution in [0.1, 0.15) is 34.1 Å². The molecule has 4 aliphatic rings. The van der Waals surface area contributed by atoms with Gasteiger partial charge in [0.25, 0.3) is 0 Å². The van der Waals surface area contributed by atoms with Gasteiger partial charge in [0.1, 0.15) is 79.3 Å². The number of carbonyl (C=O) groups is 2. The number of amides is 1. The summed E-state index contributed by atoms with van der Waals surface area (Å²) in [6.07, 6.45) is -31.8. The third kappa shape index (κ3) is 8.72. The Morgan fingerprint density at radius 2 is 1.14 bits per heavy atom. The normalized spacial score (nSPS) is 48.6. The van der Waals surface area contributed by atoms with Crippen molar-refractivity contribution in [2.45, 2.75) is 157 Å². The number of carboxylic acids is 1. The van der Waals surface area contributed by atoms with Gasteiger partial charge in [-0.15, -0.1) is 0 Å². The van der Waals surface area contributed by atoms with Gasteiger partial charge in [0.05, 0.1) is 18.8 Å². The number of rotatable bonds is 12. The monoisotopic (exact) mass is 731 g/mol. The molecule has 4 fully saturated rings. The van der Waals surface area contributed by atoms with E-state index in [1.165, 1.54) is 13.8 Å². The van der Waals surface area contributed by atoms with E-state index in [9.17, 15) is 60.7 Å². The summed E-state index contributed by atoms with van der Waals surface area (Å²) in [5.74, 6) is -2.30. The average Bonchev–Trinajstić information content (AvgIpc) is 3.06. The van der Waals surface area contributed by atoms with Gasteiger partial charge in [-0.2, -0.15) is 0 Å². The van der Waals surface area contributed by atoms with Gasteiger partial charge >= 0.3 is 5.97 Å². The second-order valence-electron chi connectivity index (χ2n) is 12.7. The Labute approximate surface area is 286 Å². The first-order valence-corrected chi connectivity index (χ1v) is 16.3. The Hall–Kier alpha value is -1.74. The summed E-state index contributed by atoms with van der Waals surface area (Å²) in [5, 5.41) is 108. The molecule has 0 unspecified atom stereocenters. The molecule has 1 amide bonds. The van der Waals surface area contributed by atoms with Crippen LogP contribution in [-0.4, -0.2) is 199 Å². The highest BCUT2D eigenvalue weighted by Gasteiger charge is 2.56. The molecular formula is C29H49NO20. The van der Waals surface area contributed by atoms with Gasteiger partial charge in [-0.3, -0.25) is 4.79 Å². The quantitative estimate of drug-likeness (QED) is 0.0890. The van der Waals surface area contributed by atoms with E-state index in [0.29, 0.717) is 6.42 Å². The first-order valence-electron chi connectivity index (χ1n) is 16.3. The van der Waals surface area contributed by atoms with Gasteiger partial charge in [-0.1, -0.05) is 6.92 Å². The summed E-state index contributed by atoms with van der Waals surface area (Å²) in [6.45, 7) is 4.81. The number of carboxylic acid groups (broad SMARTS) is 1.